The molecule has 2 aromatic rings. The lowest BCUT2D eigenvalue weighted by Crippen LogP contribution is -1.98. The van der Waals surface area contributed by atoms with E-state index in [2.05, 4.69) is 40.4 Å². The highest BCUT2D eigenvalue weighted by molar-refractivity contribution is 5.62. The van der Waals surface area contributed by atoms with Crippen LogP contribution in [0.5, 0.6) is 0 Å². The summed E-state index contributed by atoms with van der Waals surface area (Å²) in [5, 5.41) is 3.22. The van der Waals surface area contributed by atoms with Gasteiger partial charge in [-0.25, -0.2) is 9.97 Å². The van der Waals surface area contributed by atoms with E-state index in [0.29, 0.717) is 11.6 Å². The molecule has 1 heterocycles. The van der Waals surface area contributed by atoms with Gasteiger partial charge in [0, 0.05) is 11.8 Å². The molecule has 0 atom stereocenters. The Morgan fingerprint density at radius 3 is 2.69 bits per heavy atom. The fraction of sp³-hybridized carbons (Fsp3) is 0.167. The molecule has 4 nitrogen and oxygen atoms in total. The molecule has 0 aliphatic carbocycles. The number of benzene rings is 1. The molecule has 0 radical (unpaired) electrons. The Bertz CT molecular complexity index is 508. The van der Waals surface area contributed by atoms with Gasteiger partial charge in [-0.2, -0.15) is 0 Å². The van der Waals surface area contributed by atoms with Crippen molar-refractivity contribution in [2.45, 2.75) is 13.8 Å². The molecule has 4 heteroatoms. The summed E-state index contributed by atoms with van der Waals surface area (Å²) < 4.78 is 0. The smallest absolute Gasteiger partial charge is 0.135 e. The molecule has 1 aromatic heterocycles. The minimum absolute atomic E-state index is 0.461. The number of nitrogens with one attached hydrogen (secondary N) is 1. The van der Waals surface area contributed by atoms with E-state index in [9.17, 15) is 0 Å². The summed E-state index contributed by atoms with van der Waals surface area (Å²) in [6.45, 7) is 4.10. The Morgan fingerprint density at radius 2 is 1.94 bits per heavy atom. The standard InChI is InChI=1S/C12H14N4/c1-8-3-4-9(2)10(5-8)16-12-6-11(13)14-7-15-12/h3-7H,1-2H3,(H3,13,14,15,16). The van der Waals surface area contributed by atoms with Gasteiger partial charge in [0.15, 0.2) is 0 Å². The van der Waals surface area contributed by atoms with E-state index in [1.807, 2.05) is 6.92 Å². The summed E-state index contributed by atoms with van der Waals surface area (Å²) in [6, 6.07) is 7.94. The molecule has 1 aromatic carbocycles. The van der Waals surface area contributed by atoms with Gasteiger partial charge in [0.1, 0.15) is 18.0 Å². The van der Waals surface area contributed by atoms with Gasteiger partial charge in [0.25, 0.3) is 0 Å². The SMILES string of the molecule is Cc1ccc(C)c(Nc2cc(N)ncn2)c1. The van der Waals surface area contributed by atoms with Crippen molar-refractivity contribution in [3.8, 4) is 0 Å². The number of hydrogen-bond acceptors (Lipinski definition) is 4. The van der Waals surface area contributed by atoms with Gasteiger partial charge in [-0.1, -0.05) is 12.1 Å². The van der Waals surface area contributed by atoms with Crippen molar-refractivity contribution in [2.24, 2.45) is 0 Å². The predicted octanol–water partition coefficient (Wildman–Crippen LogP) is 2.42. The van der Waals surface area contributed by atoms with Gasteiger partial charge in [-0.3, -0.25) is 0 Å². The van der Waals surface area contributed by atoms with E-state index in [-0.39, 0.29) is 0 Å². The van der Waals surface area contributed by atoms with E-state index in [4.69, 9.17) is 5.73 Å². The quantitative estimate of drug-likeness (QED) is 0.805. The normalized spacial score (nSPS) is 10.1. The van der Waals surface area contributed by atoms with E-state index < -0.39 is 0 Å². The third kappa shape index (κ3) is 2.28. The van der Waals surface area contributed by atoms with Crippen LogP contribution in [0.1, 0.15) is 11.1 Å². The number of nitrogen functional groups attached to an aromatic ring is 1. The molecule has 0 spiro atoms. The molecule has 0 fully saturated rings. The molecule has 82 valence electrons. The van der Waals surface area contributed by atoms with Crippen LogP contribution in [0.4, 0.5) is 17.3 Å². The van der Waals surface area contributed by atoms with Gasteiger partial charge in [0.05, 0.1) is 0 Å². The van der Waals surface area contributed by atoms with Gasteiger partial charge < -0.3 is 11.1 Å². The van der Waals surface area contributed by atoms with Gasteiger partial charge in [-0.05, 0) is 31.0 Å². The molecular formula is C12H14N4. The molecular weight excluding hydrogens is 200 g/mol. The lowest BCUT2D eigenvalue weighted by atomic mass is 10.1. The molecule has 0 saturated carbocycles. The largest absolute Gasteiger partial charge is 0.384 e. The first-order valence-corrected chi connectivity index (χ1v) is 5.07. The van der Waals surface area contributed by atoms with Gasteiger partial charge in [0.2, 0.25) is 0 Å². The molecule has 0 aliphatic rings. The highest BCUT2D eigenvalue weighted by Crippen LogP contribution is 2.20. The molecule has 3 N–H and O–H groups in total. The molecule has 0 amide bonds. The zero-order valence-electron chi connectivity index (χ0n) is 9.36. The van der Waals surface area contributed by atoms with Gasteiger partial charge in [-0.15, -0.1) is 0 Å². The van der Waals surface area contributed by atoms with Crippen molar-refractivity contribution >= 4 is 17.3 Å². The van der Waals surface area contributed by atoms with Gasteiger partial charge >= 0.3 is 0 Å². The first-order chi connectivity index (χ1) is 7.65. The van der Waals surface area contributed by atoms with Crippen molar-refractivity contribution in [1.29, 1.82) is 0 Å². The number of anilines is 3. The van der Waals surface area contributed by atoms with E-state index in [0.717, 1.165) is 5.69 Å². The summed E-state index contributed by atoms with van der Waals surface area (Å²) in [6.07, 6.45) is 1.45. The minimum Gasteiger partial charge on any atom is -0.384 e. The molecule has 0 unspecified atom stereocenters. The number of nitrogens with two attached hydrogens (primary N) is 1. The molecule has 0 saturated heterocycles. The highest BCUT2D eigenvalue weighted by atomic mass is 15.0. The van der Waals surface area contributed by atoms with Crippen molar-refractivity contribution in [2.75, 3.05) is 11.1 Å². The van der Waals surface area contributed by atoms with E-state index in [1.54, 1.807) is 6.07 Å². The summed E-state index contributed by atoms with van der Waals surface area (Å²) in [7, 11) is 0. The topological polar surface area (TPSA) is 63.8 Å². The van der Waals surface area contributed by atoms with Crippen molar-refractivity contribution in [3.05, 3.63) is 41.7 Å². The van der Waals surface area contributed by atoms with E-state index >= 15 is 0 Å². The third-order valence-corrected chi connectivity index (χ3v) is 2.34. The number of hydrogen-bond donors (Lipinski definition) is 2. The van der Waals surface area contributed by atoms with Crippen LogP contribution in [0.25, 0.3) is 0 Å². The number of rotatable bonds is 2. The highest BCUT2D eigenvalue weighted by Gasteiger charge is 2.00. The Morgan fingerprint density at radius 1 is 1.12 bits per heavy atom. The van der Waals surface area contributed by atoms with Crippen molar-refractivity contribution < 1.29 is 0 Å². The Hall–Kier alpha value is -2.10. The van der Waals surface area contributed by atoms with Crippen LogP contribution < -0.4 is 11.1 Å². The fourth-order valence-corrected chi connectivity index (χ4v) is 1.45. The van der Waals surface area contributed by atoms with Crippen LogP contribution in [0.15, 0.2) is 30.6 Å². The van der Waals surface area contributed by atoms with Crippen LogP contribution in [0.2, 0.25) is 0 Å². The Kier molecular flexibility index (Phi) is 2.72. The lowest BCUT2D eigenvalue weighted by molar-refractivity contribution is 1.17. The van der Waals surface area contributed by atoms with Crippen LogP contribution in [-0.2, 0) is 0 Å². The fourth-order valence-electron chi connectivity index (χ4n) is 1.45. The van der Waals surface area contributed by atoms with E-state index in [1.165, 1.54) is 17.5 Å². The third-order valence-electron chi connectivity index (χ3n) is 2.34. The number of aromatic nitrogens is 2. The first kappa shape index (κ1) is 10.4. The van der Waals surface area contributed by atoms with Crippen LogP contribution in [0.3, 0.4) is 0 Å². The maximum Gasteiger partial charge on any atom is 0.135 e. The van der Waals surface area contributed by atoms with Crippen molar-refractivity contribution in [3.63, 3.8) is 0 Å². The average molecular weight is 214 g/mol. The second-order valence-electron chi connectivity index (χ2n) is 3.77. The number of nitrogens with zero attached hydrogens (tertiary/aromatic N) is 2. The van der Waals surface area contributed by atoms with Crippen LogP contribution in [-0.4, -0.2) is 9.97 Å². The zero-order valence-corrected chi connectivity index (χ0v) is 9.36. The monoisotopic (exact) mass is 214 g/mol. The lowest BCUT2D eigenvalue weighted by Gasteiger charge is -2.09. The Labute approximate surface area is 94.5 Å². The Balaban J connectivity index is 2.30. The summed E-state index contributed by atoms with van der Waals surface area (Å²) >= 11 is 0. The second kappa shape index (κ2) is 4.18. The minimum atomic E-state index is 0.461. The number of aryl methyl sites for hydroxylation is 2. The van der Waals surface area contributed by atoms with Crippen LogP contribution >= 0.6 is 0 Å². The predicted molar refractivity (Wildman–Crippen MR) is 65.6 cm³/mol. The maximum atomic E-state index is 5.59. The maximum absolute atomic E-state index is 5.59. The summed E-state index contributed by atoms with van der Waals surface area (Å²) in [5.41, 5.74) is 9.00. The molecule has 16 heavy (non-hydrogen) atoms. The van der Waals surface area contributed by atoms with Crippen molar-refractivity contribution in [1.82, 2.24) is 9.97 Å². The molecule has 2 rings (SSSR count). The summed E-state index contributed by atoms with van der Waals surface area (Å²) in [5.74, 6) is 1.17. The molecule has 0 aliphatic heterocycles. The zero-order chi connectivity index (χ0) is 11.5. The first-order valence-electron chi connectivity index (χ1n) is 5.07. The molecule has 0 bridgehead atoms. The van der Waals surface area contributed by atoms with Crippen LogP contribution in [0, 0.1) is 13.8 Å². The average Bonchev–Trinajstić information content (AvgIpc) is 2.24. The summed E-state index contributed by atoms with van der Waals surface area (Å²) in [4.78, 5) is 7.95. The second-order valence-corrected chi connectivity index (χ2v) is 3.77.